The van der Waals surface area contributed by atoms with Crippen molar-refractivity contribution in [3.05, 3.63) is 52.9 Å². The SMILES string of the molecule is Clc1ccccc1-c1nc(-c2ccc3c(c2)OCCO3)cs1. The molecule has 4 rings (SSSR count). The lowest BCUT2D eigenvalue weighted by Crippen LogP contribution is -2.15. The fourth-order valence-corrected chi connectivity index (χ4v) is 3.52. The molecule has 0 unspecified atom stereocenters. The van der Waals surface area contributed by atoms with Gasteiger partial charge in [-0.15, -0.1) is 11.3 Å². The second kappa shape index (κ2) is 5.63. The number of rotatable bonds is 2. The van der Waals surface area contributed by atoms with Gasteiger partial charge >= 0.3 is 0 Å². The minimum atomic E-state index is 0.582. The maximum Gasteiger partial charge on any atom is 0.162 e. The normalized spacial score (nSPS) is 13.1. The van der Waals surface area contributed by atoms with Gasteiger partial charge in [-0.3, -0.25) is 0 Å². The lowest BCUT2D eigenvalue weighted by atomic mass is 10.1. The van der Waals surface area contributed by atoms with E-state index in [1.54, 1.807) is 11.3 Å². The van der Waals surface area contributed by atoms with Crippen molar-refractivity contribution in [2.45, 2.75) is 0 Å². The Hall–Kier alpha value is -2.04. The lowest BCUT2D eigenvalue weighted by molar-refractivity contribution is 0.171. The Balaban J connectivity index is 1.71. The fourth-order valence-electron chi connectivity index (χ4n) is 2.37. The molecule has 110 valence electrons. The van der Waals surface area contributed by atoms with E-state index in [1.807, 2.05) is 47.8 Å². The van der Waals surface area contributed by atoms with E-state index in [-0.39, 0.29) is 0 Å². The van der Waals surface area contributed by atoms with E-state index in [9.17, 15) is 0 Å². The first kappa shape index (κ1) is 13.6. The summed E-state index contributed by atoms with van der Waals surface area (Å²) < 4.78 is 11.2. The van der Waals surface area contributed by atoms with Gasteiger partial charge in [-0.25, -0.2) is 4.98 Å². The first-order valence-electron chi connectivity index (χ1n) is 6.92. The molecule has 0 saturated carbocycles. The number of hydrogen-bond donors (Lipinski definition) is 0. The molecule has 0 aliphatic carbocycles. The highest BCUT2D eigenvalue weighted by Gasteiger charge is 2.14. The number of nitrogens with zero attached hydrogens (tertiary/aromatic N) is 1. The third kappa shape index (κ3) is 2.45. The van der Waals surface area contributed by atoms with E-state index in [1.165, 1.54) is 0 Å². The molecular formula is C17H12ClNO2S. The van der Waals surface area contributed by atoms with Gasteiger partial charge in [0, 0.05) is 16.5 Å². The summed E-state index contributed by atoms with van der Waals surface area (Å²) in [5, 5.41) is 3.66. The van der Waals surface area contributed by atoms with Gasteiger partial charge in [-0.2, -0.15) is 0 Å². The third-order valence-electron chi connectivity index (χ3n) is 3.45. The van der Waals surface area contributed by atoms with Crippen LogP contribution in [0.2, 0.25) is 5.02 Å². The maximum absolute atomic E-state index is 6.24. The number of halogens is 1. The van der Waals surface area contributed by atoms with Gasteiger partial charge in [0.2, 0.25) is 0 Å². The molecule has 0 saturated heterocycles. The van der Waals surface area contributed by atoms with Gasteiger partial charge in [-0.1, -0.05) is 29.8 Å². The number of aromatic nitrogens is 1. The van der Waals surface area contributed by atoms with Gasteiger partial charge in [0.1, 0.15) is 18.2 Å². The largest absolute Gasteiger partial charge is 0.486 e. The van der Waals surface area contributed by atoms with Gasteiger partial charge in [0.15, 0.2) is 11.5 Å². The molecule has 1 aromatic heterocycles. The molecule has 0 bridgehead atoms. The fraction of sp³-hybridized carbons (Fsp3) is 0.118. The van der Waals surface area contributed by atoms with E-state index in [0.29, 0.717) is 18.2 Å². The first-order valence-corrected chi connectivity index (χ1v) is 8.17. The van der Waals surface area contributed by atoms with Crippen LogP contribution in [0.3, 0.4) is 0 Å². The van der Waals surface area contributed by atoms with Crippen LogP contribution in [0.4, 0.5) is 0 Å². The second-order valence-corrected chi connectivity index (χ2v) is 6.14. The van der Waals surface area contributed by atoms with Crippen LogP contribution < -0.4 is 9.47 Å². The van der Waals surface area contributed by atoms with Crippen LogP contribution in [0, 0.1) is 0 Å². The van der Waals surface area contributed by atoms with Crippen LogP contribution in [-0.2, 0) is 0 Å². The summed E-state index contributed by atoms with van der Waals surface area (Å²) in [4.78, 5) is 4.70. The Morgan fingerprint density at radius 1 is 1.00 bits per heavy atom. The van der Waals surface area contributed by atoms with Crippen LogP contribution in [-0.4, -0.2) is 18.2 Å². The Morgan fingerprint density at radius 2 is 1.82 bits per heavy atom. The van der Waals surface area contributed by atoms with Crippen molar-refractivity contribution < 1.29 is 9.47 Å². The highest BCUT2D eigenvalue weighted by Crippen LogP contribution is 2.37. The van der Waals surface area contributed by atoms with Crippen LogP contribution in [0.15, 0.2) is 47.8 Å². The molecule has 22 heavy (non-hydrogen) atoms. The van der Waals surface area contributed by atoms with Gasteiger partial charge in [0.05, 0.1) is 10.7 Å². The zero-order valence-corrected chi connectivity index (χ0v) is 13.2. The van der Waals surface area contributed by atoms with Crippen molar-refractivity contribution in [3.8, 4) is 33.3 Å². The summed E-state index contributed by atoms with van der Waals surface area (Å²) in [5.74, 6) is 1.56. The monoisotopic (exact) mass is 329 g/mol. The predicted molar refractivity (Wildman–Crippen MR) is 89.0 cm³/mol. The third-order valence-corrected chi connectivity index (χ3v) is 4.65. The highest BCUT2D eigenvalue weighted by molar-refractivity contribution is 7.13. The number of fused-ring (bicyclic) bond motifs is 1. The molecule has 0 spiro atoms. The molecule has 1 aliphatic heterocycles. The van der Waals surface area contributed by atoms with Crippen LogP contribution in [0.25, 0.3) is 21.8 Å². The lowest BCUT2D eigenvalue weighted by Gasteiger charge is -2.18. The average Bonchev–Trinajstić information content (AvgIpc) is 3.04. The quantitative estimate of drug-likeness (QED) is 0.670. The van der Waals surface area contributed by atoms with Gasteiger partial charge in [0.25, 0.3) is 0 Å². The molecule has 0 amide bonds. The van der Waals surface area contributed by atoms with E-state index in [0.717, 1.165) is 33.3 Å². The standard InChI is InChI=1S/C17H12ClNO2S/c18-13-4-2-1-3-12(13)17-19-14(10-22-17)11-5-6-15-16(9-11)21-8-7-20-15/h1-6,9-10H,7-8H2. The minimum Gasteiger partial charge on any atom is -0.486 e. The Kier molecular flexibility index (Phi) is 3.48. The van der Waals surface area contributed by atoms with Crippen molar-refractivity contribution in [1.82, 2.24) is 4.98 Å². The zero-order valence-electron chi connectivity index (χ0n) is 11.6. The number of hydrogen-bond acceptors (Lipinski definition) is 4. The molecule has 3 aromatic rings. The van der Waals surface area contributed by atoms with E-state index < -0.39 is 0 Å². The number of ether oxygens (including phenoxy) is 2. The smallest absolute Gasteiger partial charge is 0.162 e. The molecular weight excluding hydrogens is 318 g/mol. The first-order chi connectivity index (χ1) is 10.8. The van der Waals surface area contributed by atoms with Crippen molar-refractivity contribution >= 4 is 22.9 Å². The maximum atomic E-state index is 6.24. The molecule has 0 atom stereocenters. The van der Waals surface area contributed by atoms with Crippen LogP contribution >= 0.6 is 22.9 Å². The molecule has 0 N–H and O–H groups in total. The summed E-state index contributed by atoms with van der Waals surface area (Å²) in [6, 6.07) is 13.6. The van der Waals surface area contributed by atoms with Crippen molar-refractivity contribution in [3.63, 3.8) is 0 Å². The van der Waals surface area contributed by atoms with Crippen molar-refractivity contribution in [2.24, 2.45) is 0 Å². The van der Waals surface area contributed by atoms with Crippen molar-refractivity contribution in [2.75, 3.05) is 13.2 Å². The Labute approximate surface area is 137 Å². The van der Waals surface area contributed by atoms with E-state index >= 15 is 0 Å². The second-order valence-electron chi connectivity index (χ2n) is 4.88. The minimum absolute atomic E-state index is 0.582. The topological polar surface area (TPSA) is 31.4 Å². The molecule has 3 nitrogen and oxygen atoms in total. The summed E-state index contributed by atoms with van der Waals surface area (Å²) in [6.45, 7) is 1.18. The number of benzene rings is 2. The molecule has 2 heterocycles. The average molecular weight is 330 g/mol. The summed E-state index contributed by atoms with van der Waals surface area (Å²) in [6.07, 6.45) is 0. The number of thiazole rings is 1. The van der Waals surface area contributed by atoms with Crippen LogP contribution in [0.1, 0.15) is 0 Å². The zero-order chi connectivity index (χ0) is 14.9. The summed E-state index contributed by atoms with van der Waals surface area (Å²) in [7, 11) is 0. The van der Waals surface area contributed by atoms with Crippen LogP contribution in [0.5, 0.6) is 11.5 Å². The molecule has 1 aliphatic rings. The van der Waals surface area contributed by atoms with E-state index in [4.69, 9.17) is 26.1 Å². The van der Waals surface area contributed by atoms with Gasteiger partial charge in [-0.05, 0) is 24.3 Å². The molecule has 0 radical (unpaired) electrons. The molecule has 0 fully saturated rings. The van der Waals surface area contributed by atoms with E-state index in [2.05, 4.69) is 0 Å². The molecule has 2 aromatic carbocycles. The van der Waals surface area contributed by atoms with Crippen molar-refractivity contribution in [1.29, 1.82) is 0 Å². The Morgan fingerprint density at radius 3 is 2.68 bits per heavy atom. The summed E-state index contributed by atoms with van der Waals surface area (Å²) in [5.41, 5.74) is 2.88. The molecule has 5 heteroatoms. The summed E-state index contributed by atoms with van der Waals surface area (Å²) >= 11 is 7.82. The predicted octanol–water partition coefficient (Wildman–Crippen LogP) is 4.90. The highest BCUT2D eigenvalue weighted by atomic mass is 35.5. The van der Waals surface area contributed by atoms with Gasteiger partial charge < -0.3 is 9.47 Å². The Bertz CT molecular complexity index is 831.